The van der Waals surface area contributed by atoms with E-state index in [9.17, 15) is 31.1 Å². The molecule has 13 heteroatoms. The lowest BCUT2D eigenvalue weighted by Crippen LogP contribution is -2.37. The van der Waals surface area contributed by atoms with Gasteiger partial charge in [-0.25, -0.2) is 4.98 Å². The Morgan fingerprint density at radius 3 is 2.08 bits per heavy atom. The summed E-state index contributed by atoms with van der Waals surface area (Å²) in [5, 5.41) is 11.9. The summed E-state index contributed by atoms with van der Waals surface area (Å²) in [4.78, 5) is 25.1. The number of aromatic nitrogens is 2. The van der Waals surface area contributed by atoms with Crippen LogP contribution in [-0.4, -0.2) is 29.4 Å². The molecule has 1 aliphatic rings. The van der Waals surface area contributed by atoms with E-state index < -0.39 is 24.0 Å². The summed E-state index contributed by atoms with van der Waals surface area (Å²) < 4.78 is 76.2. The van der Waals surface area contributed by atoms with Gasteiger partial charge >= 0.3 is 12.5 Å². The van der Waals surface area contributed by atoms with Crippen molar-refractivity contribution in [3.8, 4) is 17.1 Å². The van der Waals surface area contributed by atoms with E-state index >= 15 is 0 Å². The number of halogens is 6. The second-order valence-corrected chi connectivity index (χ2v) is 8.54. The lowest BCUT2D eigenvalue weighted by Gasteiger charge is -2.16. The third-order valence-corrected chi connectivity index (χ3v) is 5.86. The first-order valence-electron chi connectivity index (χ1n) is 11.3. The monoisotopic (exact) mass is 551 g/mol. The van der Waals surface area contributed by atoms with Gasteiger partial charge in [0.25, 0.3) is 11.7 Å². The van der Waals surface area contributed by atoms with Crippen LogP contribution in [0, 0.1) is 0 Å². The number of H-pyrrole nitrogens is 1. The van der Waals surface area contributed by atoms with Crippen LogP contribution in [-0.2, 0) is 10.3 Å². The van der Waals surface area contributed by atoms with Crippen LogP contribution in [0.4, 0.5) is 26.3 Å². The zero-order chi connectivity index (χ0) is 28.4. The summed E-state index contributed by atoms with van der Waals surface area (Å²) in [7, 11) is 0. The van der Waals surface area contributed by atoms with Crippen molar-refractivity contribution in [1.82, 2.24) is 10.3 Å². The molecule has 1 fully saturated rings. The first-order chi connectivity index (χ1) is 18.3. The Hall–Kier alpha value is -4.55. The molecule has 0 atom stereocenters. The second kappa shape index (κ2) is 10.3. The topological polar surface area (TPSA) is 98.4 Å². The van der Waals surface area contributed by atoms with E-state index in [4.69, 9.17) is 9.90 Å². The summed E-state index contributed by atoms with van der Waals surface area (Å²) in [6.45, 7) is 0. The Bertz CT molecular complexity index is 1500. The molecule has 4 aromatic rings. The number of carboxylic acids is 1. The van der Waals surface area contributed by atoms with Crippen molar-refractivity contribution in [2.75, 3.05) is 0 Å². The van der Waals surface area contributed by atoms with Crippen LogP contribution in [0.3, 0.4) is 0 Å². The minimum Gasteiger partial charge on any atom is -0.542 e. The van der Waals surface area contributed by atoms with Gasteiger partial charge in [-0.1, -0.05) is 48.5 Å². The number of carboxylic acid groups (broad SMARTS) is 1. The van der Waals surface area contributed by atoms with Crippen LogP contribution in [0.25, 0.3) is 16.9 Å². The number of imidazole rings is 1. The molecule has 0 unspecified atom stereocenters. The van der Waals surface area contributed by atoms with Crippen molar-refractivity contribution < 1.29 is 50.2 Å². The van der Waals surface area contributed by atoms with Crippen LogP contribution in [0.5, 0.6) is 5.75 Å². The summed E-state index contributed by atoms with van der Waals surface area (Å²) in [6, 6.07) is 20.8. The fraction of sp³-hybridized carbons (Fsp3) is 0.192. The molecule has 39 heavy (non-hydrogen) atoms. The maximum atomic E-state index is 13.3. The van der Waals surface area contributed by atoms with Crippen molar-refractivity contribution in [2.45, 2.75) is 30.9 Å². The van der Waals surface area contributed by atoms with Gasteiger partial charge in [0.1, 0.15) is 17.3 Å². The molecule has 0 bridgehead atoms. The average molecular weight is 551 g/mol. The molecule has 5 rings (SSSR count). The average Bonchev–Trinajstić information content (AvgIpc) is 3.55. The number of nitrogens with zero attached hydrogens (tertiary/aromatic N) is 1. The third kappa shape index (κ3) is 6.30. The number of carbonyl (C=O) groups is 2. The van der Waals surface area contributed by atoms with E-state index in [-0.39, 0.29) is 22.9 Å². The number of aliphatic carboxylic acids is 1. The van der Waals surface area contributed by atoms with E-state index in [1.165, 1.54) is 18.2 Å². The van der Waals surface area contributed by atoms with Crippen LogP contribution in [0.15, 0.2) is 79.0 Å². The molecule has 1 aliphatic carbocycles. The SMILES string of the molecule is O=C(NC1(c2ccccc2)CC1)c1[nH]c(-c2ccccc2OC(F)(F)F)[n+]2ccccc12.O=C([O-])C(F)(F)F. The molecule has 0 spiro atoms. The van der Waals surface area contributed by atoms with Crippen molar-refractivity contribution >= 4 is 17.4 Å². The normalized spacial score (nSPS) is 14.2. The fourth-order valence-corrected chi connectivity index (χ4v) is 3.98. The number of hydrogen-bond donors (Lipinski definition) is 2. The predicted molar refractivity (Wildman–Crippen MR) is 122 cm³/mol. The largest absolute Gasteiger partial charge is 0.573 e. The molecule has 0 radical (unpaired) electrons. The number of amides is 1. The number of fused-ring (bicyclic) bond motifs is 1. The Morgan fingerprint density at radius 2 is 1.49 bits per heavy atom. The number of alkyl halides is 6. The molecular formula is C26H19F6N3O4. The number of aromatic amines is 1. The summed E-state index contributed by atoms with van der Waals surface area (Å²) in [6.07, 6.45) is -6.70. The number of hydrogen-bond acceptors (Lipinski definition) is 4. The second-order valence-electron chi connectivity index (χ2n) is 8.54. The first kappa shape index (κ1) is 27.5. The number of rotatable bonds is 5. The number of carbonyl (C=O) groups excluding carboxylic acids is 2. The van der Waals surface area contributed by atoms with Crippen LogP contribution in [0.2, 0.25) is 0 Å². The number of nitrogens with one attached hydrogen (secondary N) is 2. The highest BCUT2D eigenvalue weighted by molar-refractivity contribution is 5.99. The van der Waals surface area contributed by atoms with E-state index in [0.717, 1.165) is 18.4 Å². The lowest BCUT2D eigenvalue weighted by atomic mass is 10.0. The van der Waals surface area contributed by atoms with Crippen molar-refractivity contribution in [2.24, 2.45) is 0 Å². The van der Waals surface area contributed by atoms with Gasteiger partial charge in [-0.15, -0.1) is 13.2 Å². The lowest BCUT2D eigenvalue weighted by molar-refractivity contribution is -0.498. The maximum Gasteiger partial charge on any atom is 0.573 e. The minimum atomic E-state index is -5.19. The fourth-order valence-electron chi connectivity index (χ4n) is 3.98. The molecule has 1 amide bonds. The third-order valence-electron chi connectivity index (χ3n) is 5.86. The molecule has 2 aromatic heterocycles. The summed E-state index contributed by atoms with van der Waals surface area (Å²) >= 11 is 0. The Balaban J connectivity index is 0.000000448. The molecular weight excluding hydrogens is 532 g/mol. The van der Waals surface area contributed by atoms with Crippen LogP contribution in [0.1, 0.15) is 28.9 Å². The zero-order valence-electron chi connectivity index (χ0n) is 19.8. The standard InChI is InChI=1S/C24H18F3N3O2.C2HF3O2/c25-24(26,27)32-19-12-5-4-10-17(19)21-28-20(18-11-6-7-15-30(18)21)22(31)29-23(13-14-23)16-8-2-1-3-9-16;3-2(4,5)1(6)7/h1-12,15H,13-14H2,(H,29,31);(H,6,7). The van der Waals surface area contributed by atoms with Gasteiger partial charge < -0.3 is 20.0 Å². The molecule has 7 nitrogen and oxygen atoms in total. The van der Waals surface area contributed by atoms with Gasteiger partial charge in [0, 0.05) is 0 Å². The van der Waals surface area contributed by atoms with Gasteiger partial charge in [0.05, 0.1) is 11.7 Å². The molecule has 0 saturated heterocycles. The highest BCUT2D eigenvalue weighted by Crippen LogP contribution is 2.45. The van der Waals surface area contributed by atoms with Crippen molar-refractivity contribution in [3.63, 3.8) is 0 Å². The number of benzene rings is 2. The van der Waals surface area contributed by atoms with E-state index in [1.807, 2.05) is 30.3 Å². The molecule has 1 saturated carbocycles. The van der Waals surface area contributed by atoms with E-state index in [1.54, 1.807) is 34.9 Å². The van der Waals surface area contributed by atoms with Gasteiger partial charge in [0.2, 0.25) is 5.69 Å². The quantitative estimate of drug-likeness (QED) is 0.289. The smallest absolute Gasteiger partial charge is 0.542 e. The van der Waals surface area contributed by atoms with Crippen LogP contribution >= 0.6 is 0 Å². The Kier molecular flexibility index (Phi) is 7.27. The predicted octanol–water partition coefficient (Wildman–Crippen LogP) is 4.04. The molecule has 2 aromatic carbocycles. The van der Waals surface area contributed by atoms with Crippen LogP contribution < -0.4 is 19.6 Å². The highest BCUT2D eigenvalue weighted by Gasteiger charge is 2.46. The summed E-state index contributed by atoms with van der Waals surface area (Å²) in [5.41, 5.74) is 1.61. The van der Waals surface area contributed by atoms with Crippen molar-refractivity contribution in [3.05, 3.63) is 90.3 Å². The number of para-hydroxylation sites is 1. The molecule has 2 heterocycles. The number of pyridine rings is 1. The molecule has 204 valence electrons. The van der Waals surface area contributed by atoms with E-state index in [2.05, 4.69) is 15.0 Å². The van der Waals surface area contributed by atoms with E-state index in [0.29, 0.717) is 11.3 Å². The van der Waals surface area contributed by atoms with Gasteiger partial charge in [0.15, 0.2) is 5.52 Å². The molecule has 0 aliphatic heterocycles. The zero-order valence-corrected chi connectivity index (χ0v) is 19.8. The summed E-state index contributed by atoms with van der Waals surface area (Å²) in [5.74, 6) is -3.37. The minimum absolute atomic E-state index is 0.189. The number of ether oxygens (including phenoxy) is 1. The van der Waals surface area contributed by atoms with Gasteiger partial charge in [-0.2, -0.15) is 17.6 Å². The Labute approximate surface area is 216 Å². The van der Waals surface area contributed by atoms with Crippen molar-refractivity contribution in [1.29, 1.82) is 0 Å². The Morgan fingerprint density at radius 1 is 0.897 bits per heavy atom. The maximum absolute atomic E-state index is 13.3. The molecule has 2 N–H and O–H groups in total. The first-order valence-corrected chi connectivity index (χ1v) is 11.3. The van der Waals surface area contributed by atoms with Gasteiger partial charge in [-0.3, -0.25) is 4.79 Å². The highest BCUT2D eigenvalue weighted by atomic mass is 19.4. The van der Waals surface area contributed by atoms with Gasteiger partial charge in [-0.05, 0) is 42.7 Å².